The van der Waals surface area contributed by atoms with Crippen LogP contribution >= 0.6 is 0 Å². The Labute approximate surface area is 204 Å². The van der Waals surface area contributed by atoms with Gasteiger partial charge in [-0.3, -0.25) is 0 Å². The van der Waals surface area contributed by atoms with Crippen molar-refractivity contribution >= 4 is 31.8 Å². The normalized spacial score (nSPS) is 21.2. The molecule has 1 fully saturated rings. The van der Waals surface area contributed by atoms with Crippen molar-refractivity contribution in [3.05, 3.63) is 72.5 Å². The van der Waals surface area contributed by atoms with Crippen molar-refractivity contribution in [3.63, 3.8) is 0 Å². The summed E-state index contributed by atoms with van der Waals surface area (Å²) >= 11 is 0. The summed E-state index contributed by atoms with van der Waals surface area (Å²) in [4.78, 5) is -0.259. The number of fused-ring (bicyclic) bond motifs is 3. The van der Waals surface area contributed by atoms with Crippen LogP contribution in [0.4, 0.5) is 17.6 Å². The van der Waals surface area contributed by atoms with Gasteiger partial charge in [-0.05, 0) is 67.8 Å². The summed E-state index contributed by atoms with van der Waals surface area (Å²) in [5.74, 6) is -0.968. The van der Waals surface area contributed by atoms with Crippen molar-refractivity contribution in [2.45, 2.75) is 48.7 Å². The Morgan fingerprint density at radius 2 is 1.64 bits per heavy atom. The molecule has 4 aromatic rings. The van der Waals surface area contributed by atoms with E-state index in [1.54, 1.807) is 6.07 Å². The molecule has 1 heterocycles. The van der Waals surface area contributed by atoms with Crippen molar-refractivity contribution in [1.82, 2.24) is 9.29 Å². The first kappa shape index (κ1) is 24.5. The maximum Gasteiger partial charge on any atom is 0.573 e. The first-order valence-corrected chi connectivity index (χ1v) is 12.8. The topological polar surface area (TPSA) is 80.6 Å². The molecule has 6 nitrogen and oxygen atoms in total. The zero-order chi connectivity index (χ0) is 25.7. The molecule has 1 aliphatic rings. The number of aliphatic hydroxyl groups excluding tert-OH is 1. The van der Waals surface area contributed by atoms with Gasteiger partial charge in [0.2, 0.25) is 10.0 Å². The minimum atomic E-state index is -4.89. The van der Waals surface area contributed by atoms with Gasteiger partial charge in [-0.15, -0.1) is 13.2 Å². The SMILES string of the molecule is O=S(=O)(N[C@@H]1CCC[C@H](n2c3ccccc3c3ccc(F)cc32)[C@H]1O)c1ccc(OC(F)(F)F)cc1. The van der Waals surface area contributed by atoms with Crippen LogP contribution in [0.2, 0.25) is 0 Å². The highest BCUT2D eigenvalue weighted by atomic mass is 32.2. The number of alkyl halides is 3. The monoisotopic (exact) mass is 522 g/mol. The third-order valence-electron chi connectivity index (χ3n) is 6.50. The Morgan fingerprint density at radius 1 is 0.944 bits per heavy atom. The second-order valence-corrected chi connectivity index (χ2v) is 10.5. The molecule has 0 saturated heterocycles. The number of halogens is 4. The molecule has 0 radical (unpaired) electrons. The Balaban J connectivity index is 1.44. The smallest absolute Gasteiger partial charge is 0.406 e. The average molecular weight is 523 g/mol. The maximum atomic E-state index is 14.2. The first-order chi connectivity index (χ1) is 17.0. The number of rotatable bonds is 5. The van der Waals surface area contributed by atoms with Crippen molar-refractivity contribution in [3.8, 4) is 5.75 Å². The Hall–Kier alpha value is -3.15. The Morgan fingerprint density at radius 3 is 2.36 bits per heavy atom. The van der Waals surface area contributed by atoms with Gasteiger partial charge >= 0.3 is 6.36 Å². The highest BCUT2D eigenvalue weighted by Crippen LogP contribution is 2.38. The van der Waals surface area contributed by atoms with Gasteiger partial charge in [-0.1, -0.05) is 18.2 Å². The predicted octanol–water partition coefficient (Wildman–Crippen LogP) is 5.27. The van der Waals surface area contributed by atoms with Gasteiger partial charge in [0.1, 0.15) is 11.6 Å². The fourth-order valence-electron chi connectivity index (χ4n) is 4.99. The molecular formula is C25H22F4N2O4S. The van der Waals surface area contributed by atoms with E-state index in [0.29, 0.717) is 24.8 Å². The molecule has 1 saturated carbocycles. The van der Waals surface area contributed by atoms with E-state index in [1.807, 2.05) is 28.8 Å². The molecule has 1 aromatic heterocycles. The van der Waals surface area contributed by atoms with E-state index in [4.69, 9.17) is 0 Å². The van der Waals surface area contributed by atoms with Crippen molar-refractivity contribution in [2.24, 2.45) is 0 Å². The Bertz CT molecular complexity index is 1520. The summed E-state index contributed by atoms with van der Waals surface area (Å²) in [6, 6.07) is 14.4. The molecule has 5 rings (SSSR count). The summed E-state index contributed by atoms with van der Waals surface area (Å²) < 4.78 is 85.4. The lowest BCUT2D eigenvalue weighted by Crippen LogP contribution is -2.49. The number of aliphatic hydroxyl groups is 1. The number of benzene rings is 3. The van der Waals surface area contributed by atoms with Crippen LogP contribution in [0.15, 0.2) is 71.6 Å². The third kappa shape index (κ3) is 4.65. The highest BCUT2D eigenvalue weighted by Gasteiger charge is 2.37. The first-order valence-electron chi connectivity index (χ1n) is 11.3. The van der Waals surface area contributed by atoms with Crippen LogP contribution < -0.4 is 9.46 Å². The standard InChI is InChI=1S/C25H22F4N2O4S/c26-15-8-13-19-18-4-1-2-6-21(18)31(23(19)14-15)22-7-3-5-20(24(22)32)30-36(33,34)17-11-9-16(10-12-17)35-25(27,28)29/h1-2,4,6,8-14,20,22,24,30,32H,3,5,7H2/t20-,22+,24+/m1/s1. The van der Waals surface area contributed by atoms with Gasteiger partial charge in [0.15, 0.2) is 0 Å². The van der Waals surface area contributed by atoms with Crippen LogP contribution in [-0.2, 0) is 10.0 Å². The summed E-state index contributed by atoms with van der Waals surface area (Å²) in [6.45, 7) is 0. The minimum absolute atomic E-state index is 0.259. The summed E-state index contributed by atoms with van der Waals surface area (Å²) in [7, 11) is -4.15. The molecule has 1 aliphatic carbocycles. The summed E-state index contributed by atoms with van der Waals surface area (Å²) in [6.07, 6.45) is -4.53. The number of nitrogens with zero attached hydrogens (tertiary/aromatic N) is 1. The zero-order valence-corrected chi connectivity index (χ0v) is 19.6. The van der Waals surface area contributed by atoms with E-state index in [2.05, 4.69) is 9.46 Å². The lowest BCUT2D eigenvalue weighted by molar-refractivity contribution is -0.274. The largest absolute Gasteiger partial charge is 0.573 e. The number of hydrogen-bond acceptors (Lipinski definition) is 4. The molecule has 0 spiro atoms. The van der Waals surface area contributed by atoms with Crippen LogP contribution in [-0.4, -0.2) is 36.6 Å². The number of aromatic nitrogens is 1. The molecule has 0 unspecified atom stereocenters. The van der Waals surface area contributed by atoms with Crippen molar-refractivity contribution in [1.29, 1.82) is 0 Å². The third-order valence-corrected chi connectivity index (χ3v) is 8.01. The molecule has 2 N–H and O–H groups in total. The van der Waals surface area contributed by atoms with Crippen molar-refractivity contribution in [2.75, 3.05) is 0 Å². The molecule has 0 amide bonds. The number of sulfonamides is 1. The van der Waals surface area contributed by atoms with Crippen molar-refractivity contribution < 1.29 is 35.8 Å². The number of hydrogen-bond donors (Lipinski definition) is 2. The van der Waals surface area contributed by atoms with Gasteiger partial charge < -0.3 is 14.4 Å². The lowest BCUT2D eigenvalue weighted by atomic mass is 9.88. The summed E-state index contributed by atoms with van der Waals surface area (Å²) in [5.41, 5.74) is 1.40. The number of para-hydroxylation sites is 1. The zero-order valence-electron chi connectivity index (χ0n) is 18.7. The average Bonchev–Trinajstić information content (AvgIpc) is 3.13. The van der Waals surface area contributed by atoms with Crippen LogP contribution in [0.1, 0.15) is 25.3 Å². The second-order valence-electron chi connectivity index (χ2n) is 8.78. The van der Waals surface area contributed by atoms with E-state index in [-0.39, 0.29) is 4.90 Å². The minimum Gasteiger partial charge on any atom is -0.406 e. The fourth-order valence-corrected chi connectivity index (χ4v) is 6.27. The van der Waals surface area contributed by atoms with Crippen LogP contribution in [0.25, 0.3) is 21.8 Å². The Kier molecular flexibility index (Phi) is 6.17. The highest BCUT2D eigenvalue weighted by molar-refractivity contribution is 7.89. The quantitative estimate of drug-likeness (QED) is 0.350. The van der Waals surface area contributed by atoms with E-state index in [1.165, 1.54) is 12.1 Å². The fraction of sp³-hybridized carbons (Fsp3) is 0.280. The van der Waals surface area contributed by atoms with E-state index in [9.17, 15) is 31.1 Å². The van der Waals surface area contributed by atoms with E-state index >= 15 is 0 Å². The maximum absolute atomic E-state index is 14.2. The van der Waals surface area contributed by atoms with Gasteiger partial charge in [0, 0.05) is 16.3 Å². The number of nitrogens with one attached hydrogen (secondary N) is 1. The molecule has 0 bridgehead atoms. The molecule has 3 atom stereocenters. The molecule has 190 valence electrons. The van der Waals surface area contributed by atoms with Gasteiger partial charge in [-0.2, -0.15) is 0 Å². The number of ether oxygens (including phenoxy) is 1. The molecule has 3 aromatic carbocycles. The van der Waals surface area contributed by atoms with Crippen LogP contribution in [0.3, 0.4) is 0 Å². The van der Waals surface area contributed by atoms with E-state index in [0.717, 1.165) is 40.6 Å². The molecule has 36 heavy (non-hydrogen) atoms. The van der Waals surface area contributed by atoms with Gasteiger partial charge in [0.05, 0.1) is 28.6 Å². The van der Waals surface area contributed by atoms with E-state index < -0.39 is 46.1 Å². The molecular weight excluding hydrogens is 500 g/mol. The van der Waals surface area contributed by atoms with Crippen LogP contribution in [0.5, 0.6) is 5.75 Å². The molecule has 0 aliphatic heterocycles. The van der Waals surface area contributed by atoms with Crippen LogP contribution in [0, 0.1) is 5.82 Å². The predicted molar refractivity (Wildman–Crippen MR) is 126 cm³/mol. The second kappa shape index (κ2) is 9.06. The lowest BCUT2D eigenvalue weighted by Gasteiger charge is -2.36. The molecule has 11 heteroatoms. The van der Waals surface area contributed by atoms with Gasteiger partial charge in [0.25, 0.3) is 0 Å². The van der Waals surface area contributed by atoms with Gasteiger partial charge in [-0.25, -0.2) is 17.5 Å². The summed E-state index contributed by atoms with van der Waals surface area (Å²) in [5, 5.41) is 13.0.